The van der Waals surface area contributed by atoms with E-state index in [0.29, 0.717) is 0 Å². The fourth-order valence-electron chi connectivity index (χ4n) is 4.24. The molecule has 0 radical (unpaired) electrons. The van der Waals surface area contributed by atoms with Crippen LogP contribution in [0.25, 0.3) is 22.5 Å². The second kappa shape index (κ2) is 12.4. The minimum absolute atomic E-state index is 0.820. The maximum absolute atomic E-state index is 8.49. The second-order valence-electron chi connectivity index (χ2n) is 8.48. The predicted molar refractivity (Wildman–Crippen MR) is 132 cm³/mol. The molecule has 4 aromatic carbocycles. The monoisotopic (exact) mass is 511 g/mol. The maximum Gasteiger partial charge on any atom is 0.213 e. The molecule has 0 amide bonds. The van der Waals surface area contributed by atoms with E-state index < -0.39 is 10.2 Å². The lowest BCUT2D eigenvalue weighted by molar-refractivity contribution is -2.00. The molecule has 5 rings (SSSR count). The summed E-state index contributed by atoms with van der Waals surface area (Å²) < 4.78 is 36.4. The summed E-state index contributed by atoms with van der Waals surface area (Å²) in [5, 5.41) is 0. The summed E-state index contributed by atoms with van der Waals surface area (Å²) in [6, 6.07) is 47.6. The molecule has 0 saturated carbocycles. The second-order valence-corrected chi connectivity index (χ2v) is 9.23. The molecule has 0 aliphatic carbocycles. The highest BCUT2D eigenvalue weighted by Crippen LogP contribution is 2.25. The van der Waals surface area contributed by atoms with Gasteiger partial charge in [0.25, 0.3) is 0 Å². The molecule has 0 bridgehead atoms. The highest BCUT2D eigenvalue weighted by molar-refractivity contribution is 5.63. The summed E-state index contributed by atoms with van der Waals surface area (Å²) in [5.74, 6) is 0. The van der Waals surface area contributed by atoms with Gasteiger partial charge in [0.05, 0.1) is 0 Å². The van der Waals surface area contributed by atoms with Crippen molar-refractivity contribution in [2.24, 2.45) is 0 Å². The minimum atomic E-state index is -4.94. The quantitative estimate of drug-likeness (QED) is 0.326. The maximum atomic E-state index is 8.49. The lowest BCUT2D eigenvalue weighted by Gasteiger charge is -2.17. The molecule has 0 fully saturated rings. The summed E-state index contributed by atoms with van der Waals surface area (Å²) >= 11 is 0. The van der Waals surface area contributed by atoms with Crippen LogP contribution in [-0.4, -0.2) is 0 Å². The topological polar surface area (TPSA) is 96.1 Å². The molecule has 0 N–H and O–H groups in total. The molecule has 186 valence electrons. The summed E-state index contributed by atoms with van der Waals surface area (Å²) in [4.78, 5) is 0. The Kier molecular flexibility index (Phi) is 8.80. The fourth-order valence-corrected chi connectivity index (χ4v) is 4.24. The third-order valence-electron chi connectivity index (χ3n) is 5.80. The van der Waals surface area contributed by atoms with Gasteiger partial charge in [-0.25, -0.2) is 18.6 Å². The third kappa shape index (κ3) is 8.08. The number of nitrogens with zero attached hydrogens (tertiary/aromatic N) is 1. The van der Waals surface area contributed by atoms with E-state index in [4.69, 9.17) is 18.6 Å². The van der Waals surface area contributed by atoms with Crippen molar-refractivity contribution < 1.29 is 33.4 Å². The van der Waals surface area contributed by atoms with Crippen LogP contribution >= 0.6 is 0 Å². The average molecular weight is 512 g/mol. The zero-order valence-electron chi connectivity index (χ0n) is 20.1. The molecule has 0 spiro atoms. The third-order valence-corrected chi connectivity index (χ3v) is 5.80. The summed E-state index contributed by atoms with van der Waals surface area (Å²) in [6.07, 6.45) is 0.909. The molecule has 1 aromatic heterocycles. The number of halogens is 1. The van der Waals surface area contributed by atoms with E-state index in [1.54, 1.807) is 0 Å². The van der Waals surface area contributed by atoms with Gasteiger partial charge in [-0.15, -0.1) is 10.2 Å². The largest absolute Gasteiger partial charge is 0.222 e. The van der Waals surface area contributed by atoms with Crippen LogP contribution in [-0.2, 0) is 13.0 Å². The van der Waals surface area contributed by atoms with E-state index in [0.717, 1.165) is 13.0 Å². The van der Waals surface area contributed by atoms with Crippen LogP contribution in [0.3, 0.4) is 0 Å². The zero-order chi connectivity index (χ0) is 26.1. The van der Waals surface area contributed by atoms with Gasteiger partial charge in [0.1, 0.15) is 0 Å². The van der Waals surface area contributed by atoms with E-state index in [1.165, 1.54) is 39.2 Å². The predicted octanol–water partition coefficient (Wildman–Crippen LogP) is 2.19. The molecule has 37 heavy (non-hydrogen) atoms. The summed E-state index contributed by atoms with van der Waals surface area (Å²) in [7, 11) is -4.94. The SMILES string of the molecule is [O-][Cl+3]([O-])([O-])[O-].c1ccc(Cc2cc(-c3ccccc3)[n+](Cc3ccccc3)c(-c3ccccc3)c2)cc1. The van der Waals surface area contributed by atoms with Gasteiger partial charge in [-0.2, -0.15) is 4.57 Å². The van der Waals surface area contributed by atoms with Crippen LogP contribution in [0.2, 0.25) is 0 Å². The van der Waals surface area contributed by atoms with Crippen molar-refractivity contribution in [3.05, 3.63) is 150 Å². The van der Waals surface area contributed by atoms with E-state index in [-0.39, 0.29) is 0 Å². The highest BCUT2D eigenvalue weighted by Gasteiger charge is 2.22. The molecule has 0 saturated heterocycles. The van der Waals surface area contributed by atoms with Crippen molar-refractivity contribution in [2.45, 2.75) is 13.0 Å². The van der Waals surface area contributed by atoms with Crippen molar-refractivity contribution >= 4 is 0 Å². The summed E-state index contributed by atoms with van der Waals surface area (Å²) in [6.45, 7) is 0.820. The van der Waals surface area contributed by atoms with Crippen LogP contribution in [0, 0.1) is 10.2 Å². The Morgan fingerprint density at radius 3 is 1.22 bits per heavy atom. The number of hydrogen-bond acceptors (Lipinski definition) is 4. The van der Waals surface area contributed by atoms with E-state index >= 15 is 0 Å². The lowest BCUT2D eigenvalue weighted by atomic mass is 9.98. The Balaban J connectivity index is 0.000000586. The lowest BCUT2D eigenvalue weighted by Crippen LogP contribution is -2.68. The first-order valence-electron chi connectivity index (χ1n) is 11.7. The van der Waals surface area contributed by atoms with Gasteiger partial charge in [-0.3, -0.25) is 0 Å². The Morgan fingerprint density at radius 1 is 0.459 bits per heavy atom. The van der Waals surface area contributed by atoms with Gasteiger partial charge < -0.3 is 0 Å². The Labute approximate surface area is 218 Å². The fraction of sp³-hybridized carbons (Fsp3) is 0.0645. The van der Waals surface area contributed by atoms with E-state index in [9.17, 15) is 0 Å². The van der Waals surface area contributed by atoms with Crippen molar-refractivity contribution in [1.82, 2.24) is 0 Å². The van der Waals surface area contributed by atoms with E-state index in [2.05, 4.69) is 138 Å². The van der Waals surface area contributed by atoms with Gasteiger partial charge in [-0.1, -0.05) is 97.1 Å². The van der Waals surface area contributed by atoms with Gasteiger partial charge in [-0.05, 0) is 41.8 Å². The van der Waals surface area contributed by atoms with Crippen LogP contribution in [0.1, 0.15) is 16.7 Å². The van der Waals surface area contributed by atoms with E-state index in [1.807, 2.05) is 0 Å². The Bertz CT molecular complexity index is 1330. The number of hydrogen-bond donors (Lipinski definition) is 0. The minimum Gasteiger partial charge on any atom is -0.222 e. The average Bonchev–Trinajstić information content (AvgIpc) is 2.90. The standard InChI is InChI=1S/C31H26N.ClHO4/c1-5-13-25(14-6-1)21-27-22-30(28-17-9-3-10-18-28)32(24-26-15-7-2-8-16-26)31(23-27)29-19-11-4-12-20-29;2-1(3,4)5/h1-20,22-23H,21,24H2;(H,2,3,4,5)/q+1;/p-1. The molecule has 0 atom stereocenters. The number of rotatable bonds is 6. The first kappa shape index (κ1) is 26.2. The van der Waals surface area contributed by atoms with Crippen LogP contribution < -0.4 is 23.2 Å². The molecule has 0 aliphatic rings. The van der Waals surface area contributed by atoms with Crippen molar-refractivity contribution in [3.63, 3.8) is 0 Å². The first-order chi connectivity index (χ1) is 17.9. The van der Waals surface area contributed by atoms with Crippen molar-refractivity contribution in [2.75, 3.05) is 0 Å². The highest BCUT2D eigenvalue weighted by atomic mass is 35.7. The zero-order valence-corrected chi connectivity index (χ0v) is 20.8. The van der Waals surface area contributed by atoms with Gasteiger partial charge >= 0.3 is 0 Å². The van der Waals surface area contributed by atoms with Gasteiger partial charge in [0.2, 0.25) is 11.4 Å². The smallest absolute Gasteiger partial charge is 0.213 e. The Hall–Kier alpha value is -3.84. The molecule has 1 heterocycles. The molecular formula is C31H26ClNO4. The summed E-state index contributed by atoms with van der Waals surface area (Å²) in [5.41, 5.74) is 8.88. The van der Waals surface area contributed by atoms with Crippen molar-refractivity contribution in [1.29, 1.82) is 0 Å². The molecule has 5 nitrogen and oxygen atoms in total. The van der Waals surface area contributed by atoms with Crippen LogP contribution in [0.5, 0.6) is 0 Å². The van der Waals surface area contributed by atoms with Crippen LogP contribution in [0.15, 0.2) is 133 Å². The van der Waals surface area contributed by atoms with Gasteiger partial charge in [0.15, 0.2) is 6.54 Å². The molecule has 5 aromatic rings. The van der Waals surface area contributed by atoms with Crippen molar-refractivity contribution in [3.8, 4) is 22.5 Å². The number of benzene rings is 4. The molecule has 6 heteroatoms. The van der Waals surface area contributed by atoms with Gasteiger partial charge in [0, 0.05) is 28.8 Å². The molecule has 0 unspecified atom stereocenters. The Morgan fingerprint density at radius 2 is 0.811 bits per heavy atom. The molecular weight excluding hydrogens is 486 g/mol. The number of pyridine rings is 1. The van der Waals surface area contributed by atoms with Crippen LogP contribution in [0.4, 0.5) is 0 Å². The molecule has 0 aliphatic heterocycles. The first-order valence-corrected chi connectivity index (χ1v) is 13.0. The normalized spacial score (nSPS) is 10.9. The number of aromatic nitrogens is 1.